The van der Waals surface area contributed by atoms with E-state index in [0.717, 1.165) is 0 Å². The van der Waals surface area contributed by atoms with E-state index < -0.39 is 12.1 Å². The zero-order valence-electron chi connectivity index (χ0n) is 6.10. The fourth-order valence-electron chi connectivity index (χ4n) is 0.227. The van der Waals surface area contributed by atoms with Gasteiger partial charge in [-0.2, -0.15) is 0 Å². The van der Waals surface area contributed by atoms with Gasteiger partial charge in [-0.05, 0) is 19.1 Å². The number of furan rings is 1. The maximum absolute atomic E-state index is 9.45. The van der Waals surface area contributed by atoms with Gasteiger partial charge in [-0.25, -0.2) is 4.79 Å². The molecule has 1 rings (SSSR count). The van der Waals surface area contributed by atoms with E-state index in [4.69, 9.17) is 10.2 Å². The fraction of sp³-hybridized carbons (Fsp3) is 0.286. The topological polar surface area (TPSA) is 70.7 Å². The van der Waals surface area contributed by atoms with Gasteiger partial charge in [0.05, 0.1) is 12.5 Å². The Morgan fingerprint density at radius 2 is 1.82 bits per heavy atom. The molecule has 1 aromatic heterocycles. The summed E-state index contributed by atoms with van der Waals surface area (Å²) in [7, 11) is 0. The van der Waals surface area contributed by atoms with E-state index in [2.05, 4.69) is 4.42 Å². The van der Waals surface area contributed by atoms with Gasteiger partial charge in [-0.3, -0.25) is 0 Å². The smallest absolute Gasteiger partial charge is 0.332 e. The number of hydrogen-bond donors (Lipinski definition) is 2. The van der Waals surface area contributed by atoms with Crippen LogP contribution in [0.2, 0.25) is 0 Å². The predicted octanol–water partition coefficient (Wildman–Crippen LogP) is 0.731. The van der Waals surface area contributed by atoms with Crippen molar-refractivity contribution in [3.05, 3.63) is 24.7 Å². The van der Waals surface area contributed by atoms with Crippen LogP contribution in [-0.2, 0) is 4.79 Å². The molecule has 0 bridgehead atoms. The van der Waals surface area contributed by atoms with Gasteiger partial charge in [0, 0.05) is 0 Å². The van der Waals surface area contributed by atoms with Crippen LogP contribution in [0, 0.1) is 0 Å². The molecular weight excluding hydrogens is 148 g/mol. The molecule has 0 saturated carbocycles. The largest absolute Gasteiger partial charge is 0.479 e. The number of carboxylic acids is 1. The van der Waals surface area contributed by atoms with Crippen molar-refractivity contribution in [2.75, 3.05) is 0 Å². The van der Waals surface area contributed by atoms with E-state index in [1.54, 1.807) is 12.5 Å². The van der Waals surface area contributed by atoms with Crippen LogP contribution in [0.4, 0.5) is 0 Å². The molecule has 0 saturated heterocycles. The second-order valence-electron chi connectivity index (χ2n) is 1.81. The summed E-state index contributed by atoms with van der Waals surface area (Å²) >= 11 is 0. The zero-order chi connectivity index (χ0) is 8.69. The standard InChI is InChI=1S/C4H4O.C3H6O3/c1-2-4-5-3-1;1-2(4)3(5)6/h1-4H;2,4H,1H3,(H,5,6)/t;2-/m.1/s1. The zero-order valence-corrected chi connectivity index (χ0v) is 6.10. The first-order chi connectivity index (χ1) is 5.14. The van der Waals surface area contributed by atoms with Gasteiger partial charge in [0.25, 0.3) is 0 Å². The Morgan fingerprint density at radius 3 is 1.91 bits per heavy atom. The average molecular weight is 158 g/mol. The minimum atomic E-state index is -1.23. The van der Waals surface area contributed by atoms with Crippen LogP contribution in [0.3, 0.4) is 0 Å². The van der Waals surface area contributed by atoms with Crippen molar-refractivity contribution in [3.63, 3.8) is 0 Å². The van der Waals surface area contributed by atoms with Crippen LogP contribution >= 0.6 is 0 Å². The first kappa shape index (κ1) is 9.71. The van der Waals surface area contributed by atoms with Gasteiger partial charge < -0.3 is 14.6 Å². The van der Waals surface area contributed by atoms with Crippen LogP contribution in [0.25, 0.3) is 0 Å². The highest BCUT2D eigenvalue weighted by Gasteiger charge is 2.01. The molecule has 1 atom stereocenters. The summed E-state index contributed by atoms with van der Waals surface area (Å²) < 4.78 is 4.58. The van der Waals surface area contributed by atoms with E-state index in [1.807, 2.05) is 12.1 Å². The molecule has 0 aliphatic rings. The van der Waals surface area contributed by atoms with E-state index >= 15 is 0 Å². The molecule has 4 heteroatoms. The van der Waals surface area contributed by atoms with Crippen molar-refractivity contribution < 1.29 is 19.4 Å². The third-order valence-corrected chi connectivity index (χ3v) is 0.783. The van der Waals surface area contributed by atoms with Crippen molar-refractivity contribution in [2.45, 2.75) is 13.0 Å². The maximum Gasteiger partial charge on any atom is 0.332 e. The van der Waals surface area contributed by atoms with Gasteiger partial charge in [0.15, 0.2) is 0 Å². The second-order valence-corrected chi connectivity index (χ2v) is 1.81. The minimum Gasteiger partial charge on any atom is -0.479 e. The molecule has 0 radical (unpaired) electrons. The molecule has 0 aliphatic heterocycles. The van der Waals surface area contributed by atoms with E-state index in [-0.39, 0.29) is 0 Å². The predicted molar refractivity (Wildman–Crippen MR) is 38.0 cm³/mol. The average Bonchev–Trinajstić information content (AvgIpc) is 2.41. The fourth-order valence-corrected chi connectivity index (χ4v) is 0.227. The molecule has 0 fully saturated rings. The van der Waals surface area contributed by atoms with Crippen LogP contribution in [0.15, 0.2) is 29.1 Å². The number of hydrogen-bond acceptors (Lipinski definition) is 3. The second kappa shape index (κ2) is 5.49. The van der Waals surface area contributed by atoms with Crippen molar-refractivity contribution >= 4 is 5.97 Å². The summed E-state index contributed by atoms with van der Waals surface area (Å²) in [6.45, 7) is 1.20. The third-order valence-electron chi connectivity index (χ3n) is 0.783. The highest BCUT2D eigenvalue weighted by atomic mass is 16.4. The highest BCUT2D eigenvalue weighted by Crippen LogP contribution is 1.79. The van der Waals surface area contributed by atoms with E-state index in [1.165, 1.54) is 6.92 Å². The summed E-state index contributed by atoms with van der Waals surface area (Å²) in [6, 6.07) is 3.67. The van der Waals surface area contributed by atoms with Crippen LogP contribution in [-0.4, -0.2) is 22.3 Å². The van der Waals surface area contributed by atoms with Gasteiger partial charge >= 0.3 is 5.97 Å². The summed E-state index contributed by atoms with van der Waals surface area (Å²) in [5.41, 5.74) is 0. The van der Waals surface area contributed by atoms with Crippen molar-refractivity contribution in [1.29, 1.82) is 0 Å². The normalized spacial score (nSPS) is 11.1. The molecule has 11 heavy (non-hydrogen) atoms. The van der Waals surface area contributed by atoms with Gasteiger partial charge in [0.1, 0.15) is 6.10 Å². The molecule has 0 unspecified atom stereocenters. The van der Waals surface area contributed by atoms with Crippen molar-refractivity contribution in [2.24, 2.45) is 0 Å². The summed E-state index contributed by atoms with van der Waals surface area (Å²) in [6.07, 6.45) is 2.02. The number of aliphatic carboxylic acids is 1. The Labute approximate surface area is 64.1 Å². The maximum atomic E-state index is 9.45. The molecule has 0 aliphatic carbocycles. The number of carboxylic acid groups (broad SMARTS) is 1. The monoisotopic (exact) mass is 158 g/mol. The number of carbonyl (C=O) groups is 1. The molecule has 1 heterocycles. The Bertz CT molecular complexity index is 161. The quantitative estimate of drug-likeness (QED) is 0.632. The van der Waals surface area contributed by atoms with Crippen LogP contribution in [0.5, 0.6) is 0 Å². The van der Waals surface area contributed by atoms with Gasteiger partial charge in [-0.15, -0.1) is 0 Å². The molecule has 0 spiro atoms. The lowest BCUT2D eigenvalue weighted by Gasteiger charge is -1.89. The number of aliphatic hydroxyl groups excluding tert-OH is 1. The summed E-state index contributed by atoms with van der Waals surface area (Å²) in [4.78, 5) is 9.45. The molecule has 0 aromatic carbocycles. The number of aliphatic hydroxyl groups is 1. The SMILES string of the molecule is C[C@@H](O)C(=O)O.c1ccoc1. The summed E-state index contributed by atoms with van der Waals surface area (Å²) in [5.74, 6) is -1.19. The van der Waals surface area contributed by atoms with Crippen molar-refractivity contribution in [3.8, 4) is 0 Å². The van der Waals surface area contributed by atoms with Crippen LogP contribution in [0.1, 0.15) is 6.92 Å². The lowest BCUT2D eigenvalue weighted by Crippen LogP contribution is -2.13. The first-order valence-electron chi connectivity index (χ1n) is 3.02. The highest BCUT2D eigenvalue weighted by molar-refractivity contribution is 5.71. The van der Waals surface area contributed by atoms with E-state index in [0.29, 0.717) is 0 Å². The molecular formula is C7H10O4. The summed E-state index contributed by atoms with van der Waals surface area (Å²) in [5, 5.41) is 15.8. The molecule has 2 N–H and O–H groups in total. The Balaban J connectivity index is 0.000000183. The van der Waals surface area contributed by atoms with Gasteiger partial charge in [-0.1, -0.05) is 0 Å². The molecule has 1 aromatic rings. The number of rotatable bonds is 1. The Kier molecular flexibility index (Phi) is 4.85. The third kappa shape index (κ3) is 6.60. The Hall–Kier alpha value is -1.29. The first-order valence-corrected chi connectivity index (χ1v) is 3.02. The Morgan fingerprint density at radius 1 is 1.45 bits per heavy atom. The molecule has 62 valence electrons. The molecule has 4 nitrogen and oxygen atoms in total. The lowest BCUT2D eigenvalue weighted by molar-refractivity contribution is -0.145. The lowest BCUT2D eigenvalue weighted by atomic mass is 10.4. The molecule has 0 amide bonds. The van der Waals surface area contributed by atoms with Gasteiger partial charge in [0.2, 0.25) is 0 Å². The van der Waals surface area contributed by atoms with Crippen LogP contribution < -0.4 is 0 Å². The minimum absolute atomic E-state index is 1.19. The van der Waals surface area contributed by atoms with Crippen molar-refractivity contribution in [1.82, 2.24) is 0 Å². The van der Waals surface area contributed by atoms with E-state index in [9.17, 15) is 4.79 Å².